The predicted molar refractivity (Wildman–Crippen MR) is 127 cm³/mol. The van der Waals surface area contributed by atoms with Crippen molar-refractivity contribution in [3.63, 3.8) is 0 Å². The zero-order valence-corrected chi connectivity index (χ0v) is 18.7. The van der Waals surface area contributed by atoms with E-state index in [0.29, 0.717) is 46.1 Å². The van der Waals surface area contributed by atoms with E-state index in [2.05, 4.69) is 16.8 Å². The van der Waals surface area contributed by atoms with Crippen molar-refractivity contribution in [1.29, 1.82) is 0 Å². The normalized spacial score (nSPS) is 16.8. The largest absolute Gasteiger partial charge is 0.497 e. The van der Waals surface area contributed by atoms with Crippen molar-refractivity contribution in [2.75, 3.05) is 33.9 Å². The summed E-state index contributed by atoms with van der Waals surface area (Å²) in [5.41, 5.74) is 0.620. The van der Waals surface area contributed by atoms with Crippen LogP contribution in [0.5, 0.6) is 17.4 Å². The van der Waals surface area contributed by atoms with Crippen LogP contribution in [0.15, 0.2) is 52.3 Å². The van der Waals surface area contributed by atoms with E-state index in [4.69, 9.17) is 9.47 Å². The molecule has 0 radical (unpaired) electrons. The minimum atomic E-state index is -0.327. The quantitative estimate of drug-likeness (QED) is 0.574. The first-order valence-corrected chi connectivity index (χ1v) is 10.9. The fourth-order valence-electron chi connectivity index (χ4n) is 4.47. The van der Waals surface area contributed by atoms with Gasteiger partial charge in [-0.25, -0.2) is 4.57 Å². The van der Waals surface area contributed by atoms with Crippen LogP contribution in [0.1, 0.15) is 25.3 Å². The molecular weight excluding hydrogens is 406 g/mol. The Bertz CT molecular complexity index is 1200. The summed E-state index contributed by atoms with van der Waals surface area (Å²) in [6.07, 6.45) is 4.00. The fourth-order valence-corrected chi connectivity index (χ4v) is 4.47. The molecule has 1 aliphatic rings. The molecule has 1 atom stereocenters. The van der Waals surface area contributed by atoms with Crippen molar-refractivity contribution in [3.8, 4) is 23.1 Å². The van der Waals surface area contributed by atoms with Crippen LogP contribution in [0.25, 0.3) is 16.5 Å². The molecule has 4 rings (SSSR count). The minimum absolute atomic E-state index is 0.167. The molecule has 1 N–H and O–H groups in total. The first kappa shape index (κ1) is 21.9. The van der Waals surface area contributed by atoms with Crippen LogP contribution in [0.4, 0.5) is 0 Å². The highest BCUT2D eigenvalue weighted by Gasteiger charge is 2.23. The van der Waals surface area contributed by atoms with Gasteiger partial charge in [-0.2, -0.15) is 0 Å². The second-order valence-corrected chi connectivity index (χ2v) is 7.88. The van der Waals surface area contributed by atoms with E-state index in [0.717, 1.165) is 19.5 Å². The zero-order valence-electron chi connectivity index (χ0n) is 18.7. The second kappa shape index (κ2) is 9.44. The van der Waals surface area contributed by atoms with Crippen molar-refractivity contribution in [2.24, 2.45) is 4.99 Å². The number of likely N-dealkylation sites (tertiary alicyclic amines) is 1. The number of likely N-dealkylation sites (N-methyl/N-ethyl adjacent to an activating group) is 1. The third-order valence-electron chi connectivity index (χ3n) is 6.17. The van der Waals surface area contributed by atoms with E-state index in [1.807, 2.05) is 18.2 Å². The molecule has 0 aliphatic carbocycles. The van der Waals surface area contributed by atoms with E-state index in [-0.39, 0.29) is 11.4 Å². The number of ether oxygens (including phenoxy) is 2. The Kier molecular flexibility index (Phi) is 6.46. The summed E-state index contributed by atoms with van der Waals surface area (Å²) in [5, 5.41) is 12.4. The molecule has 32 heavy (non-hydrogen) atoms. The van der Waals surface area contributed by atoms with Gasteiger partial charge in [-0.3, -0.25) is 14.7 Å². The number of fused-ring (bicyclic) bond motifs is 1. The van der Waals surface area contributed by atoms with Gasteiger partial charge in [-0.1, -0.05) is 25.1 Å². The Morgan fingerprint density at radius 3 is 2.66 bits per heavy atom. The third-order valence-corrected chi connectivity index (χ3v) is 6.17. The predicted octanol–water partition coefficient (Wildman–Crippen LogP) is 3.62. The Balaban J connectivity index is 1.84. The number of benzene rings is 2. The molecule has 0 bridgehead atoms. The number of nitrogens with zero attached hydrogens (tertiary/aromatic N) is 3. The highest BCUT2D eigenvalue weighted by Crippen LogP contribution is 2.32. The third kappa shape index (κ3) is 3.96. The summed E-state index contributed by atoms with van der Waals surface area (Å²) < 4.78 is 12.0. The van der Waals surface area contributed by atoms with Gasteiger partial charge in [0.15, 0.2) is 0 Å². The Hall–Kier alpha value is -3.32. The van der Waals surface area contributed by atoms with Crippen LogP contribution in [0, 0.1) is 0 Å². The van der Waals surface area contributed by atoms with Gasteiger partial charge in [-0.05, 0) is 44.1 Å². The molecule has 168 valence electrons. The average Bonchev–Trinajstić information content (AvgIpc) is 3.29. The molecule has 2 aromatic carbocycles. The summed E-state index contributed by atoms with van der Waals surface area (Å²) in [5.74, 6) is 0.849. The molecule has 1 saturated heterocycles. The maximum Gasteiger partial charge on any atom is 0.265 e. The molecule has 1 unspecified atom stereocenters. The van der Waals surface area contributed by atoms with Gasteiger partial charge in [-0.15, -0.1) is 0 Å². The van der Waals surface area contributed by atoms with Crippen LogP contribution in [-0.4, -0.2) is 60.7 Å². The molecule has 7 nitrogen and oxygen atoms in total. The van der Waals surface area contributed by atoms with E-state index in [1.165, 1.54) is 18.1 Å². The van der Waals surface area contributed by atoms with E-state index in [9.17, 15) is 9.90 Å². The first-order valence-electron chi connectivity index (χ1n) is 10.9. The number of aliphatic imine (C=N–C) groups is 1. The van der Waals surface area contributed by atoms with Gasteiger partial charge in [0.05, 0.1) is 32.0 Å². The second-order valence-electron chi connectivity index (χ2n) is 7.88. The standard InChI is InChI=1S/C25H29N3O4/c1-4-27-13-7-8-17(27)15-26-16-21-19-9-5-6-10-20(19)24(29)28(25(21)30)22-12-11-18(31-2)14-23(22)32-3/h5-6,9-12,14,16-17,30H,4,7-8,13,15H2,1-3H3. The molecular formula is C25H29N3O4. The van der Waals surface area contributed by atoms with E-state index < -0.39 is 0 Å². The Morgan fingerprint density at radius 1 is 1.16 bits per heavy atom. The van der Waals surface area contributed by atoms with Crippen molar-refractivity contribution in [3.05, 3.63) is 58.4 Å². The number of aromatic nitrogens is 1. The van der Waals surface area contributed by atoms with Gasteiger partial charge < -0.3 is 14.6 Å². The number of hydrogen-bond acceptors (Lipinski definition) is 6. The number of pyridine rings is 1. The lowest BCUT2D eigenvalue weighted by molar-refractivity contribution is 0.273. The average molecular weight is 436 g/mol. The highest BCUT2D eigenvalue weighted by atomic mass is 16.5. The molecule has 7 heteroatoms. The number of methoxy groups -OCH3 is 2. The molecule has 1 aromatic heterocycles. The fraction of sp³-hybridized carbons (Fsp3) is 0.360. The number of hydrogen-bond donors (Lipinski definition) is 1. The number of rotatable bonds is 7. The highest BCUT2D eigenvalue weighted by molar-refractivity contribution is 6.01. The SMILES string of the molecule is CCN1CCCC1CN=Cc1c(O)n(-c2ccc(OC)cc2OC)c(=O)c2ccccc12. The van der Waals surface area contributed by atoms with E-state index >= 15 is 0 Å². The smallest absolute Gasteiger partial charge is 0.265 e. The maximum atomic E-state index is 13.4. The first-order chi connectivity index (χ1) is 15.6. The molecule has 1 aliphatic heterocycles. The molecule has 3 aromatic rings. The topological polar surface area (TPSA) is 76.3 Å². The zero-order chi connectivity index (χ0) is 22.7. The Morgan fingerprint density at radius 2 is 1.94 bits per heavy atom. The minimum Gasteiger partial charge on any atom is -0.497 e. The van der Waals surface area contributed by atoms with E-state index in [1.54, 1.807) is 37.6 Å². The van der Waals surface area contributed by atoms with Crippen molar-refractivity contribution in [2.45, 2.75) is 25.8 Å². The molecule has 0 saturated carbocycles. The summed E-state index contributed by atoms with van der Waals surface area (Å²) >= 11 is 0. The lowest BCUT2D eigenvalue weighted by atomic mass is 10.1. The monoisotopic (exact) mass is 435 g/mol. The summed E-state index contributed by atoms with van der Waals surface area (Å²) in [6, 6.07) is 12.8. The summed E-state index contributed by atoms with van der Waals surface area (Å²) in [6.45, 7) is 4.94. The van der Waals surface area contributed by atoms with Crippen molar-refractivity contribution < 1.29 is 14.6 Å². The van der Waals surface area contributed by atoms with Gasteiger partial charge in [0.1, 0.15) is 11.5 Å². The molecule has 1 fully saturated rings. The summed E-state index contributed by atoms with van der Waals surface area (Å²) in [7, 11) is 3.08. The number of aromatic hydroxyl groups is 1. The lowest BCUT2D eigenvalue weighted by Gasteiger charge is -2.20. The van der Waals surface area contributed by atoms with Crippen LogP contribution in [-0.2, 0) is 0 Å². The van der Waals surface area contributed by atoms with Crippen LogP contribution in [0.2, 0.25) is 0 Å². The Labute approximate surface area is 187 Å². The summed E-state index contributed by atoms with van der Waals surface area (Å²) in [4.78, 5) is 20.5. The van der Waals surface area contributed by atoms with Crippen molar-refractivity contribution >= 4 is 17.0 Å². The lowest BCUT2D eigenvalue weighted by Crippen LogP contribution is -2.31. The van der Waals surface area contributed by atoms with Gasteiger partial charge in [0.25, 0.3) is 5.56 Å². The maximum absolute atomic E-state index is 13.4. The van der Waals surface area contributed by atoms with Gasteiger partial charge >= 0.3 is 0 Å². The van der Waals surface area contributed by atoms with Gasteiger partial charge in [0, 0.05) is 29.1 Å². The molecule has 2 heterocycles. The van der Waals surface area contributed by atoms with Crippen LogP contribution < -0.4 is 15.0 Å². The van der Waals surface area contributed by atoms with Crippen LogP contribution >= 0.6 is 0 Å². The van der Waals surface area contributed by atoms with Crippen LogP contribution in [0.3, 0.4) is 0 Å². The van der Waals surface area contributed by atoms with Crippen molar-refractivity contribution in [1.82, 2.24) is 9.47 Å². The van der Waals surface area contributed by atoms with Gasteiger partial charge in [0.2, 0.25) is 5.88 Å². The molecule has 0 spiro atoms. The molecule has 0 amide bonds.